The normalized spacial score (nSPS) is 13.3. The van der Waals surface area contributed by atoms with Gasteiger partial charge in [-0.05, 0) is 39.1 Å². The van der Waals surface area contributed by atoms with Crippen LogP contribution in [0.2, 0.25) is 0 Å². The van der Waals surface area contributed by atoms with Crippen molar-refractivity contribution in [1.82, 2.24) is 9.97 Å². The summed E-state index contributed by atoms with van der Waals surface area (Å²) in [5, 5.41) is 4.47. The average molecular weight is 663 g/mol. The first-order valence-corrected chi connectivity index (χ1v) is 17.7. The molecule has 1 aliphatic carbocycles. The number of benzene rings is 8. The Morgan fingerprint density at radius 3 is 1.50 bits per heavy atom. The van der Waals surface area contributed by atoms with E-state index in [9.17, 15) is 0 Å². The Labute approximate surface area is 301 Å². The Morgan fingerprint density at radius 2 is 0.885 bits per heavy atom. The molecule has 3 heteroatoms. The zero-order chi connectivity index (χ0) is 34.2. The first-order chi connectivity index (χ1) is 25.8. The molecule has 9 aromatic rings. The van der Waals surface area contributed by atoms with E-state index in [1.807, 2.05) is 12.1 Å². The molecule has 242 valence electrons. The van der Waals surface area contributed by atoms with Crippen molar-refractivity contribution in [1.29, 1.82) is 0 Å². The monoisotopic (exact) mass is 662 g/mol. The van der Waals surface area contributed by atoms with Crippen molar-refractivity contribution in [2.75, 3.05) is 0 Å². The first-order valence-electron chi connectivity index (χ1n) is 17.7. The summed E-state index contributed by atoms with van der Waals surface area (Å²) >= 11 is 0. The van der Waals surface area contributed by atoms with Crippen LogP contribution in [-0.2, 0) is 5.41 Å². The van der Waals surface area contributed by atoms with Gasteiger partial charge in [0.1, 0.15) is 11.5 Å². The van der Waals surface area contributed by atoms with Crippen molar-refractivity contribution in [3.05, 3.63) is 204 Å². The molecule has 0 radical (unpaired) electrons. The molecule has 2 aliphatic rings. The average Bonchev–Trinajstić information content (AvgIpc) is 3.52. The number of aromatic nitrogens is 2. The third-order valence-corrected chi connectivity index (χ3v) is 10.9. The van der Waals surface area contributed by atoms with E-state index in [1.165, 1.54) is 22.3 Å². The first kappa shape index (κ1) is 28.9. The molecule has 0 atom stereocenters. The molecule has 11 rings (SSSR count). The van der Waals surface area contributed by atoms with Crippen LogP contribution in [0.25, 0.3) is 66.6 Å². The Morgan fingerprint density at radius 1 is 0.385 bits per heavy atom. The van der Waals surface area contributed by atoms with E-state index in [4.69, 9.17) is 14.7 Å². The van der Waals surface area contributed by atoms with Crippen molar-refractivity contribution in [3.8, 4) is 56.5 Å². The summed E-state index contributed by atoms with van der Waals surface area (Å²) in [6.07, 6.45) is 0. The van der Waals surface area contributed by atoms with Gasteiger partial charge in [0.05, 0.1) is 16.8 Å². The number of fused-ring (bicyclic) bond motifs is 13. The fourth-order valence-corrected chi connectivity index (χ4v) is 8.73. The molecule has 0 N–H and O–H groups in total. The Kier molecular flexibility index (Phi) is 6.17. The summed E-state index contributed by atoms with van der Waals surface area (Å²) < 4.78 is 7.19. The summed E-state index contributed by atoms with van der Waals surface area (Å²) in [5.41, 5.74) is 11.2. The van der Waals surface area contributed by atoms with Crippen LogP contribution in [0.3, 0.4) is 0 Å². The van der Waals surface area contributed by atoms with E-state index in [-0.39, 0.29) is 0 Å². The van der Waals surface area contributed by atoms with Crippen LogP contribution in [0.15, 0.2) is 182 Å². The maximum Gasteiger partial charge on any atom is 0.160 e. The molecule has 8 aromatic carbocycles. The molecule has 0 saturated carbocycles. The van der Waals surface area contributed by atoms with E-state index in [0.717, 1.165) is 72.2 Å². The van der Waals surface area contributed by atoms with Gasteiger partial charge < -0.3 is 4.74 Å². The minimum Gasteiger partial charge on any atom is -0.455 e. The van der Waals surface area contributed by atoms with Crippen molar-refractivity contribution in [2.24, 2.45) is 0 Å². The third kappa shape index (κ3) is 4.02. The molecule has 0 bridgehead atoms. The molecule has 1 aromatic heterocycles. The second-order valence-electron chi connectivity index (χ2n) is 13.6. The lowest BCUT2D eigenvalue weighted by Gasteiger charge is -2.41. The SMILES string of the molecule is c1ccc(-c2cc(-c3ccccc3)nc(-c3cccc4c3C3(c5ccccc5-4)c4ccc5ccccc5c4Oc4c3ccc3ccccc43)n2)cc1. The predicted octanol–water partition coefficient (Wildman–Crippen LogP) is 12.3. The zero-order valence-electron chi connectivity index (χ0n) is 28.1. The van der Waals surface area contributed by atoms with Gasteiger partial charge in [-0.2, -0.15) is 0 Å². The topological polar surface area (TPSA) is 35.0 Å². The molecule has 1 aliphatic heterocycles. The quantitative estimate of drug-likeness (QED) is 0.189. The van der Waals surface area contributed by atoms with Crippen LogP contribution in [-0.4, -0.2) is 9.97 Å². The fourth-order valence-electron chi connectivity index (χ4n) is 8.73. The zero-order valence-corrected chi connectivity index (χ0v) is 28.1. The molecular formula is C49H30N2O. The van der Waals surface area contributed by atoms with Crippen LogP contribution in [0, 0.1) is 0 Å². The lowest BCUT2D eigenvalue weighted by Crippen LogP contribution is -2.33. The van der Waals surface area contributed by atoms with Crippen LogP contribution >= 0.6 is 0 Å². The van der Waals surface area contributed by atoms with Crippen molar-refractivity contribution in [2.45, 2.75) is 5.41 Å². The van der Waals surface area contributed by atoms with Crippen molar-refractivity contribution >= 4 is 21.5 Å². The highest BCUT2D eigenvalue weighted by molar-refractivity contribution is 6.01. The standard InChI is InChI=1S/C49H30N2O/c1-3-16-33(17-4-1)43-30-44(34-18-5-2-6-19-34)51-48(50-43)39-24-13-23-38-37-22-11-12-25-40(37)49(45(38)39)41-28-26-31-14-7-9-20-35(31)46(41)52-47-36-21-10-8-15-32(36)27-29-42(47)49/h1-30H. The summed E-state index contributed by atoms with van der Waals surface area (Å²) in [6, 6.07) is 64.6. The van der Waals surface area contributed by atoms with Gasteiger partial charge in [-0.3, -0.25) is 0 Å². The minimum atomic E-state index is -0.710. The molecule has 2 heterocycles. The van der Waals surface area contributed by atoms with Crippen molar-refractivity contribution < 1.29 is 4.74 Å². The van der Waals surface area contributed by atoms with Gasteiger partial charge in [-0.25, -0.2) is 9.97 Å². The highest BCUT2D eigenvalue weighted by Crippen LogP contribution is 2.65. The van der Waals surface area contributed by atoms with Crippen LogP contribution in [0.1, 0.15) is 22.3 Å². The summed E-state index contributed by atoms with van der Waals surface area (Å²) in [6.45, 7) is 0. The van der Waals surface area contributed by atoms with Crippen LogP contribution in [0.5, 0.6) is 11.5 Å². The lowest BCUT2D eigenvalue weighted by atomic mass is 9.64. The fraction of sp³-hybridized carbons (Fsp3) is 0.0204. The van der Waals surface area contributed by atoms with E-state index >= 15 is 0 Å². The number of ether oxygens (including phenoxy) is 1. The molecule has 0 fully saturated rings. The van der Waals surface area contributed by atoms with Crippen LogP contribution < -0.4 is 4.74 Å². The minimum absolute atomic E-state index is 0.695. The van der Waals surface area contributed by atoms with Gasteiger partial charge in [0, 0.05) is 38.6 Å². The smallest absolute Gasteiger partial charge is 0.160 e. The number of hydrogen-bond donors (Lipinski definition) is 0. The summed E-state index contributed by atoms with van der Waals surface area (Å²) in [7, 11) is 0. The Hall–Kier alpha value is -6.84. The second-order valence-corrected chi connectivity index (χ2v) is 13.6. The molecule has 1 spiro atoms. The van der Waals surface area contributed by atoms with E-state index < -0.39 is 5.41 Å². The molecule has 52 heavy (non-hydrogen) atoms. The third-order valence-electron chi connectivity index (χ3n) is 10.9. The molecule has 0 saturated heterocycles. The van der Waals surface area contributed by atoms with E-state index in [2.05, 4.69) is 170 Å². The maximum absolute atomic E-state index is 7.19. The van der Waals surface area contributed by atoms with Crippen molar-refractivity contribution in [3.63, 3.8) is 0 Å². The summed E-state index contributed by atoms with van der Waals surface area (Å²) in [5.74, 6) is 2.48. The van der Waals surface area contributed by atoms with Gasteiger partial charge in [-0.1, -0.05) is 176 Å². The van der Waals surface area contributed by atoms with E-state index in [1.54, 1.807) is 0 Å². The molecular weight excluding hydrogens is 633 g/mol. The predicted molar refractivity (Wildman–Crippen MR) is 211 cm³/mol. The maximum atomic E-state index is 7.19. The molecule has 3 nitrogen and oxygen atoms in total. The van der Waals surface area contributed by atoms with Crippen LogP contribution in [0.4, 0.5) is 0 Å². The number of rotatable bonds is 3. The lowest BCUT2D eigenvalue weighted by molar-refractivity contribution is 0.447. The number of nitrogens with zero attached hydrogens (tertiary/aromatic N) is 2. The molecule has 0 unspecified atom stereocenters. The Balaban J connectivity index is 1.30. The van der Waals surface area contributed by atoms with Gasteiger partial charge in [0.2, 0.25) is 0 Å². The highest BCUT2D eigenvalue weighted by atomic mass is 16.5. The Bertz CT molecular complexity index is 2740. The van der Waals surface area contributed by atoms with Gasteiger partial charge in [0.15, 0.2) is 5.82 Å². The highest BCUT2D eigenvalue weighted by Gasteiger charge is 2.53. The number of hydrogen-bond acceptors (Lipinski definition) is 3. The van der Waals surface area contributed by atoms with Gasteiger partial charge >= 0.3 is 0 Å². The summed E-state index contributed by atoms with van der Waals surface area (Å²) in [4.78, 5) is 10.8. The second kappa shape index (κ2) is 11.1. The van der Waals surface area contributed by atoms with Gasteiger partial charge in [-0.15, -0.1) is 0 Å². The van der Waals surface area contributed by atoms with Gasteiger partial charge in [0.25, 0.3) is 0 Å². The molecule has 0 amide bonds. The van der Waals surface area contributed by atoms with E-state index in [0.29, 0.717) is 5.82 Å². The largest absolute Gasteiger partial charge is 0.455 e.